The lowest BCUT2D eigenvalue weighted by Crippen LogP contribution is -2.04. The van der Waals surface area contributed by atoms with Crippen LogP contribution in [0, 0.1) is 0 Å². The molecule has 6 rings (SSSR count). The summed E-state index contributed by atoms with van der Waals surface area (Å²) in [6.45, 7) is 0. The van der Waals surface area contributed by atoms with E-state index in [-0.39, 0.29) is 11.0 Å². The number of fused-ring (bicyclic) bond motifs is 1. The Balaban J connectivity index is 0.000000195. The lowest BCUT2D eigenvalue weighted by atomic mass is 10.1. The first kappa shape index (κ1) is 30.4. The molecule has 0 amide bonds. The molecule has 0 saturated heterocycles. The zero-order valence-corrected chi connectivity index (χ0v) is 22.9. The number of ether oxygens (including phenoxy) is 1. The second-order valence-corrected chi connectivity index (χ2v) is 9.46. The summed E-state index contributed by atoms with van der Waals surface area (Å²) in [7, 11) is 0. The molecule has 222 valence electrons. The first-order valence-electron chi connectivity index (χ1n) is 12.6. The molecule has 0 spiro atoms. The normalized spacial score (nSPS) is 11.5. The molecular formula is C31H18ClF6N5O. The zero-order valence-electron chi connectivity index (χ0n) is 22.2. The van der Waals surface area contributed by atoms with Crippen LogP contribution in [0.2, 0.25) is 5.15 Å². The van der Waals surface area contributed by atoms with Crippen LogP contribution in [0.25, 0.3) is 33.4 Å². The SMILES string of the molecule is FC(F)(F)c1ccc(-c2cc(Cl)ncn2)cc1.FC(F)(F)c1ccc(-c2cc(Oc3ccc4cccnc4c3)ncn2)cc1. The van der Waals surface area contributed by atoms with Gasteiger partial charge in [-0.1, -0.05) is 41.9 Å². The fourth-order valence-corrected chi connectivity index (χ4v) is 4.08. The zero-order chi connectivity index (χ0) is 31.3. The molecule has 0 saturated carbocycles. The number of benzene rings is 3. The number of rotatable bonds is 4. The Morgan fingerprint density at radius 1 is 0.568 bits per heavy atom. The summed E-state index contributed by atoms with van der Waals surface area (Å²) >= 11 is 5.67. The second kappa shape index (κ2) is 12.6. The maximum Gasteiger partial charge on any atom is 0.416 e. The van der Waals surface area contributed by atoms with Crippen molar-refractivity contribution in [3.8, 4) is 34.1 Å². The molecule has 0 bridgehead atoms. The highest BCUT2D eigenvalue weighted by Gasteiger charge is 2.30. The molecule has 6 nitrogen and oxygen atoms in total. The van der Waals surface area contributed by atoms with E-state index in [1.807, 2.05) is 18.2 Å². The van der Waals surface area contributed by atoms with Gasteiger partial charge in [-0.3, -0.25) is 4.98 Å². The Labute approximate surface area is 251 Å². The molecule has 0 N–H and O–H groups in total. The summed E-state index contributed by atoms with van der Waals surface area (Å²) in [5.74, 6) is 0.841. The van der Waals surface area contributed by atoms with Crippen molar-refractivity contribution in [1.29, 1.82) is 0 Å². The van der Waals surface area contributed by atoms with Crippen molar-refractivity contribution >= 4 is 22.5 Å². The van der Waals surface area contributed by atoms with Crippen LogP contribution in [0.1, 0.15) is 11.1 Å². The number of pyridine rings is 1. The van der Waals surface area contributed by atoms with Crippen LogP contribution in [0.5, 0.6) is 11.6 Å². The predicted molar refractivity (Wildman–Crippen MR) is 152 cm³/mol. The fraction of sp³-hybridized carbons (Fsp3) is 0.0645. The van der Waals surface area contributed by atoms with E-state index in [1.54, 1.807) is 24.4 Å². The molecule has 44 heavy (non-hydrogen) atoms. The third kappa shape index (κ3) is 7.64. The Kier molecular flexibility index (Phi) is 8.72. The minimum absolute atomic E-state index is 0.245. The molecule has 0 unspecified atom stereocenters. The summed E-state index contributed by atoms with van der Waals surface area (Å²) in [5.41, 5.74) is 1.43. The number of aromatic nitrogens is 5. The van der Waals surface area contributed by atoms with Gasteiger partial charge in [0.05, 0.1) is 28.0 Å². The van der Waals surface area contributed by atoms with Crippen molar-refractivity contribution in [2.75, 3.05) is 0 Å². The molecular weight excluding hydrogens is 608 g/mol. The highest BCUT2D eigenvalue weighted by molar-refractivity contribution is 6.29. The summed E-state index contributed by atoms with van der Waals surface area (Å²) in [6.07, 6.45) is -4.44. The van der Waals surface area contributed by atoms with Gasteiger partial charge < -0.3 is 4.74 Å². The number of nitrogens with zero attached hydrogens (tertiary/aromatic N) is 5. The number of alkyl halides is 6. The largest absolute Gasteiger partial charge is 0.439 e. The van der Waals surface area contributed by atoms with Gasteiger partial charge in [-0.15, -0.1) is 0 Å². The van der Waals surface area contributed by atoms with Gasteiger partial charge in [-0.25, -0.2) is 19.9 Å². The predicted octanol–water partition coefficient (Wildman–Crippen LogP) is 9.32. The first-order valence-corrected chi connectivity index (χ1v) is 13.0. The smallest absolute Gasteiger partial charge is 0.416 e. The van der Waals surface area contributed by atoms with E-state index in [9.17, 15) is 26.3 Å². The standard InChI is InChI=1S/C20H12F3N3O.C11H6ClF3N2/c21-20(22,23)15-6-3-14(4-7-15)18-11-19(26-12-25-18)27-16-8-5-13-2-1-9-24-17(13)10-16;12-10-5-9(16-6-17-10)7-1-3-8(4-2-7)11(13,14)15/h1-12H;1-6H. The lowest BCUT2D eigenvalue weighted by Gasteiger charge is -2.09. The Bertz CT molecular complexity index is 1880. The van der Waals surface area contributed by atoms with Crippen LogP contribution in [0.4, 0.5) is 26.3 Å². The minimum atomic E-state index is -4.37. The Morgan fingerprint density at radius 2 is 1.14 bits per heavy atom. The maximum atomic E-state index is 12.7. The van der Waals surface area contributed by atoms with Gasteiger partial charge in [0, 0.05) is 40.9 Å². The van der Waals surface area contributed by atoms with Crippen LogP contribution in [0.3, 0.4) is 0 Å². The van der Waals surface area contributed by atoms with Crippen molar-refractivity contribution < 1.29 is 31.1 Å². The average Bonchev–Trinajstić information content (AvgIpc) is 3.01. The summed E-state index contributed by atoms with van der Waals surface area (Å²) < 4.78 is 80.8. The number of hydrogen-bond acceptors (Lipinski definition) is 6. The molecule has 0 aliphatic carbocycles. The highest BCUT2D eigenvalue weighted by Crippen LogP contribution is 2.32. The molecule has 3 heterocycles. The molecule has 0 aliphatic heterocycles. The van der Waals surface area contributed by atoms with E-state index in [2.05, 4.69) is 24.9 Å². The van der Waals surface area contributed by atoms with Gasteiger partial charge in [0.2, 0.25) is 5.88 Å². The summed E-state index contributed by atoms with van der Waals surface area (Å²) in [5, 5.41) is 1.23. The minimum Gasteiger partial charge on any atom is -0.439 e. The highest BCUT2D eigenvalue weighted by atomic mass is 35.5. The average molecular weight is 626 g/mol. The van der Waals surface area contributed by atoms with Crippen molar-refractivity contribution in [1.82, 2.24) is 24.9 Å². The van der Waals surface area contributed by atoms with Crippen LogP contribution >= 0.6 is 11.6 Å². The molecule has 0 fully saturated rings. The van der Waals surface area contributed by atoms with Crippen LogP contribution in [-0.4, -0.2) is 24.9 Å². The quantitative estimate of drug-likeness (QED) is 0.144. The monoisotopic (exact) mass is 625 g/mol. The topological polar surface area (TPSA) is 73.7 Å². The number of halogens is 7. The Morgan fingerprint density at radius 3 is 1.70 bits per heavy atom. The van der Waals surface area contributed by atoms with Crippen LogP contribution in [-0.2, 0) is 12.4 Å². The third-order valence-corrected chi connectivity index (χ3v) is 6.30. The van der Waals surface area contributed by atoms with Gasteiger partial charge >= 0.3 is 12.4 Å². The Hall–Kier alpha value is -5.10. The molecule has 3 aromatic heterocycles. The van der Waals surface area contributed by atoms with Crippen molar-refractivity contribution in [3.05, 3.63) is 126 Å². The van der Waals surface area contributed by atoms with Gasteiger partial charge in [0.25, 0.3) is 0 Å². The molecule has 0 atom stereocenters. The molecule has 13 heteroatoms. The second-order valence-electron chi connectivity index (χ2n) is 9.08. The molecule has 0 aliphatic rings. The van der Waals surface area contributed by atoms with Gasteiger partial charge in [0.15, 0.2) is 0 Å². The van der Waals surface area contributed by atoms with Crippen LogP contribution in [0.15, 0.2) is 110 Å². The molecule has 6 aromatic rings. The summed E-state index contributed by atoms with van der Waals surface area (Å²) in [4.78, 5) is 20.1. The van der Waals surface area contributed by atoms with E-state index >= 15 is 0 Å². The van der Waals surface area contributed by atoms with Crippen LogP contribution < -0.4 is 4.74 Å². The van der Waals surface area contributed by atoms with Crippen molar-refractivity contribution in [3.63, 3.8) is 0 Å². The van der Waals surface area contributed by atoms with Gasteiger partial charge in [-0.2, -0.15) is 26.3 Å². The molecule has 3 aromatic carbocycles. The maximum absolute atomic E-state index is 12.7. The van der Waals surface area contributed by atoms with Gasteiger partial charge in [-0.05, 0) is 42.5 Å². The van der Waals surface area contributed by atoms with Crippen molar-refractivity contribution in [2.45, 2.75) is 12.4 Å². The third-order valence-electron chi connectivity index (χ3n) is 6.09. The molecule has 0 radical (unpaired) electrons. The van der Waals surface area contributed by atoms with E-state index in [4.69, 9.17) is 16.3 Å². The van der Waals surface area contributed by atoms with Crippen molar-refractivity contribution in [2.24, 2.45) is 0 Å². The lowest BCUT2D eigenvalue weighted by molar-refractivity contribution is -0.138. The van der Waals surface area contributed by atoms with E-state index < -0.39 is 23.5 Å². The van der Waals surface area contributed by atoms with E-state index in [0.29, 0.717) is 28.3 Å². The van der Waals surface area contributed by atoms with E-state index in [1.165, 1.54) is 43.0 Å². The first-order chi connectivity index (χ1) is 21.0. The summed E-state index contributed by atoms with van der Waals surface area (Å²) in [6, 6.07) is 21.8. The fourth-order valence-electron chi connectivity index (χ4n) is 3.94. The number of hydrogen-bond donors (Lipinski definition) is 0. The van der Waals surface area contributed by atoms with Gasteiger partial charge in [0.1, 0.15) is 23.6 Å². The van der Waals surface area contributed by atoms with E-state index in [0.717, 1.165) is 35.2 Å².